The summed E-state index contributed by atoms with van der Waals surface area (Å²) in [7, 11) is 0. The molecule has 8 heteroatoms. The third-order valence-electron chi connectivity index (χ3n) is 3.96. The second kappa shape index (κ2) is 7.31. The first-order valence-corrected chi connectivity index (χ1v) is 7.84. The first-order valence-electron chi connectivity index (χ1n) is 7.84. The smallest absolute Gasteiger partial charge is 0.246 e. The van der Waals surface area contributed by atoms with Crippen molar-refractivity contribution in [2.75, 3.05) is 26.2 Å². The van der Waals surface area contributed by atoms with E-state index in [4.69, 9.17) is 0 Å². The van der Waals surface area contributed by atoms with Gasteiger partial charge in [-0.3, -0.25) is 9.69 Å². The second-order valence-electron chi connectivity index (χ2n) is 5.58. The van der Waals surface area contributed by atoms with Crippen molar-refractivity contribution in [2.45, 2.75) is 13.5 Å². The van der Waals surface area contributed by atoms with Gasteiger partial charge >= 0.3 is 0 Å². The van der Waals surface area contributed by atoms with Crippen molar-refractivity contribution in [1.29, 1.82) is 0 Å². The Bertz CT molecular complexity index is 718. The zero-order valence-electron chi connectivity index (χ0n) is 13.5. The van der Waals surface area contributed by atoms with Gasteiger partial charge in [-0.25, -0.2) is 4.39 Å². The predicted octanol–water partition coefficient (Wildman–Crippen LogP) is 1.02. The third-order valence-corrected chi connectivity index (χ3v) is 3.96. The van der Waals surface area contributed by atoms with E-state index in [9.17, 15) is 9.18 Å². The summed E-state index contributed by atoms with van der Waals surface area (Å²) < 4.78 is 14.7. The number of benzene rings is 1. The van der Waals surface area contributed by atoms with E-state index in [1.807, 2.05) is 11.8 Å². The number of halogens is 1. The van der Waals surface area contributed by atoms with E-state index in [-0.39, 0.29) is 11.7 Å². The summed E-state index contributed by atoms with van der Waals surface area (Å²) in [6.07, 6.45) is 3.34. The number of nitrogens with zero attached hydrogens (tertiary/aromatic N) is 6. The van der Waals surface area contributed by atoms with Gasteiger partial charge in [0, 0.05) is 26.2 Å². The van der Waals surface area contributed by atoms with E-state index in [1.165, 1.54) is 12.1 Å². The van der Waals surface area contributed by atoms with E-state index < -0.39 is 0 Å². The number of carbonyl (C=O) groups is 1. The molecular formula is C16H19FN6O. The lowest BCUT2D eigenvalue weighted by Crippen LogP contribution is -2.48. The maximum atomic E-state index is 13.1. The highest BCUT2D eigenvalue weighted by atomic mass is 19.1. The summed E-state index contributed by atoms with van der Waals surface area (Å²) in [4.78, 5) is 15.9. The summed E-state index contributed by atoms with van der Waals surface area (Å²) in [6.45, 7) is 5.31. The van der Waals surface area contributed by atoms with Crippen LogP contribution in [0, 0.1) is 5.82 Å². The molecule has 126 valence electrons. The minimum atomic E-state index is -0.296. The van der Waals surface area contributed by atoms with Gasteiger partial charge in [0.05, 0.1) is 12.2 Å². The maximum Gasteiger partial charge on any atom is 0.246 e. The first kappa shape index (κ1) is 16.3. The molecule has 1 amide bonds. The molecule has 1 aliphatic rings. The average molecular weight is 330 g/mol. The van der Waals surface area contributed by atoms with Crippen molar-refractivity contribution < 1.29 is 9.18 Å². The fourth-order valence-corrected chi connectivity index (χ4v) is 2.66. The lowest BCUT2D eigenvalue weighted by atomic mass is 10.3. The summed E-state index contributed by atoms with van der Waals surface area (Å²) in [5.74, 6) is 0.443. The number of allylic oxidation sites excluding steroid dienone is 1. The zero-order valence-corrected chi connectivity index (χ0v) is 13.5. The summed E-state index contributed by atoms with van der Waals surface area (Å²) in [5, 5.41) is 11.8. The highest BCUT2D eigenvalue weighted by molar-refractivity contribution is 5.87. The summed E-state index contributed by atoms with van der Waals surface area (Å²) in [5.41, 5.74) is 0.721. The number of hydrogen-bond donors (Lipinski definition) is 0. The van der Waals surface area contributed by atoms with Gasteiger partial charge in [0.2, 0.25) is 5.91 Å². The van der Waals surface area contributed by atoms with Gasteiger partial charge in [0.1, 0.15) is 5.82 Å². The van der Waals surface area contributed by atoms with Crippen LogP contribution in [0.3, 0.4) is 0 Å². The average Bonchev–Trinajstić information content (AvgIpc) is 3.04. The molecule has 1 saturated heterocycles. The number of piperazine rings is 1. The number of rotatable bonds is 4. The SMILES string of the molecule is C/C=C\C(=O)N1CCN(Cc2nnnn2-c2ccc(F)cc2)CC1. The Morgan fingerprint density at radius 1 is 1.21 bits per heavy atom. The molecule has 7 nitrogen and oxygen atoms in total. The Morgan fingerprint density at radius 2 is 1.92 bits per heavy atom. The van der Waals surface area contributed by atoms with Crippen LogP contribution in [0.2, 0.25) is 0 Å². The number of hydrogen-bond acceptors (Lipinski definition) is 5. The molecule has 1 aliphatic heterocycles. The molecule has 0 spiro atoms. The van der Waals surface area contributed by atoms with Crippen molar-refractivity contribution in [3.63, 3.8) is 0 Å². The standard InChI is InChI=1S/C16H19FN6O/c1-2-3-16(24)22-10-8-21(9-11-22)12-15-18-19-20-23(15)14-6-4-13(17)5-7-14/h2-7H,8-12H2,1H3/b3-2-. The van der Waals surface area contributed by atoms with Gasteiger partial charge in [-0.15, -0.1) is 5.10 Å². The Labute approximate surface area is 139 Å². The lowest BCUT2D eigenvalue weighted by Gasteiger charge is -2.33. The highest BCUT2D eigenvalue weighted by Gasteiger charge is 2.21. The van der Waals surface area contributed by atoms with Gasteiger partial charge in [-0.2, -0.15) is 4.68 Å². The molecule has 0 bridgehead atoms. The van der Waals surface area contributed by atoms with E-state index in [1.54, 1.807) is 29.0 Å². The first-order chi connectivity index (χ1) is 11.7. The molecule has 0 aliphatic carbocycles. The Kier molecular flexibility index (Phi) is 4.95. The molecular weight excluding hydrogens is 311 g/mol. The van der Waals surface area contributed by atoms with Crippen molar-refractivity contribution in [3.05, 3.63) is 48.1 Å². The molecule has 0 atom stereocenters. The van der Waals surface area contributed by atoms with Gasteiger partial charge in [-0.1, -0.05) is 6.08 Å². The molecule has 3 rings (SSSR count). The highest BCUT2D eigenvalue weighted by Crippen LogP contribution is 2.12. The van der Waals surface area contributed by atoms with E-state index >= 15 is 0 Å². The van der Waals surface area contributed by atoms with Gasteiger partial charge in [0.25, 0.3) is 0 Å². The molecule has 0 saturated carbocycles. The van der Waals surface area contributed by atoms with Gasteiger partial charge in [-0.05, 0) is 47.7 Å². The normalized spacial score (nSPS) is 16.0. The van der Waals surface area contributed by atoms with Crippen LogP contribution in [0.25, 0.3) is 5.69 Å². The number of carbonyl (C=O) groups excluding carboxylic acids is 1. The molecule has 1 fully saturated rings. The van der Waals surface area contributed by atoms with Gasteiger partial charge < -0.3 is 4.90 Å². The van der Waals surface area contributed by atoms with Crippen LogP contribution >= 0.6 is 0 Å². The number of tetrazole rings is 1. The van der Waals surface area contributed by atoms with Crippen LogP contribution in [-0.2, 0) is 11.3 Å². The molecule has 1 aromatic heterocycles. The van der Waals surface area contributed by atoms with Crippen molar-refractivity contribution >= 4 is 5.91 Å². The molecule has 1 aromatic carbocycles. The van der Waals surface area contributed by atoms with E-state index in [2.05, 4.69) is 20.4 Å². The lowest BCUT2D eigenvalue weighted by molar-refractivity contribution is -0.127. The number of amides is 1. The van der Waals surface area contributed by atoms with Crippen LogP contribution in [0.1, 0.15) is 12.7 Å². The fourth-order valence-electron chi connectivity index (χ4n) is 2.66. The van der Waals surface area contributed by atoms with Crippen molar-refractivity contribution in [2.24, 2.45) is 0 Å². The van der Waals surface area contributed by atoms with Crippen LogP contribution in [0.15, 0.2) is 36.4 Å². The largest absolute Gasteiger partial charge is 0.337 e. The minimum Gasteiger partial charge on any atom is -0.337 e. The topological polar surface area (TPSA) is 67.2 Å². The molecule has 2 heterocycles. The van der Waals surface area contributed by atoms with Gasteiger partial charge in [0.15, 0.2) is 5.82 Å². The Morgan fingerprint density at radius 3 is 2.58 bits per heavy atom. The Balaban J connectivity index is 1.63. The fraction of sp³-hybridized carbons (Fsp3) is 0.375. The summed E-state index contributed by atoms with van der Waals surface area (Å²) in [6, 6.07) is 6.05. The second-order valence-corrected chi connectivity index (χ2v) is 5.58. The predicted molar refractivity (Wildman–Crippen MR) is 85.8 cm³/mol. The van der Waals surface area contributed by atoms with Crippen LogP contribution in [0.5, 0.6) is 0 Å². The molecule has 0 radical (unpaired) electrons. The van der Waals surface area contributed by atoms with Crippen LogP contribution in [0.4, 0.5) is 4.39 Å². The van der Waals surface area contributed by atoms with Crippen LogP contribution in [-0.4, -0.2) is 62.1 Å². The monoisotopic (exact) mass is 330 g/mol. The number of aromatic nitrogens is 4. The van der Waals surface area contributed by atoms with Crippen molar-refractivity contribution in [3.8, 4) is 5.69 Å². The zero-order chi connectivity index (χ0) is 16.9. The Hall–Kier alpha value is -2.61. The maximum absolute atomic E-state index is 13.1. The third kappa shape index (κ3) is 3.65. The summed E-state index contributed by atoms with van der Waals surface area (Å²) >= 11 is 0. The minimum absolute atomic E-state index is 0.0493. The molecule has 0 N–H and O–H groups in total. The van der Waals surface area contributed by atoms with Crippen LogP contribution < -0.4 is 0 Å². The van der Waals surface area contributed by atoms with Crippen molar-refractivity contribution in [1.82, 2.24) is 30.0 Å². The molecule has 2 aromatic rings. The van der Waals surface area contributed by atoms with E-state index in [0.717, 1.165) is 18.8 Å². The van der Waals surface area contributed by atoms with E-state index in [0.29, 0.717) is 25.5 Å². The molecule has 0 unspecified atom stereocenters. The molecule has 24 heavy (non-hydrogen) atoms. The quantitative estimate of drug-likeness (QED) is 0.783.